The number of carbonyl (C=O) groups is 4. The number of carbonyl (C=O) groups excluding carboxylic acids is 4. The van der Waals surface area contributed by atoms with Gasteiger partial charge in [-0.2, -0.15) is 0 Å². The molecule has 0 radical (unpaired) electrons. The summed E-state index contributed by atoms with van der Waals surface area (Å²) in [5, 5.41) is 24.5. The molecular formula is C32H46O12. The van der Waals surface area contributed by atoms with Crippen molar-refractivity contribution in [3.63, 3.8) is 0 Å². The van der Waals surface area contributed by atoms with E-state index < -0.39 is 94.9 Å². The minimum atomic E-state index is -2.01. The van der Waals surface area contributed by atoms with Crippen molar-refractivity contribution in [1.29, 1.82) is 0 Å². The molecule has 44 heavy (non-hydrogen) atoms. The molecular weight excluding hydrogens is 576 g/mol. The topological polar surface area (TPSA) is 168 Å². The number of hydrogen-bond acceptors (Lipinski definition) is 12. The van der Waals surface area contributed by atoms with Crippen LogP contribution in [0.4, 0.5) is 0 Å². The number of hydrogen-bond donors (Lipinski definition) is 2. The normalized spacial score (nSPS) is 36.8. The molecule has 246 valence electrons. The third kappa shape index (κ3) is 5.32. The average molecular weight is 623 g/mol. The van der Waals surface area contributed by atoms with Crippen LogP contribution in [0.15, 0.2) is 23.0 Å². The standard InChI is InChI=1S/C32H46O12/c1-9-17(3)26(35)41-22-14-30(8,38)32-24(34)21(29(6,7)44-32)13-23(42-28(37)20-11-12-39-15-20)31(32,16-40-19(5)33)25(22)43-27(36)18(4)10-2/h11-12,15,17-18,21-25,34,38H,9-10,13-14,16H2,1-8H3. The molecule has 12 heteroatoms. The van der Waals surface area contributed by atoms with Gasteiger partial charge < -0.3 is 38.3 Å². The molecule has 2 bridgehead atoms. The number of furan rings is 1. The first-order chi connectivity index (χ1) is 20.5. The minimum absolute atomic E-state index is 0.0136. The van der Waals surface area contributed by atoms with E-state index in [0.717, 1.165) is 0 Å². The van der Waals surface area contributed by atoms with Crippen LogP contribution >= 0.6 is 0 Å². The fourth-order valence-electron chi connectivity index (χ4n) is 7.34. The Bertz CT molecular complexity index is 1240. The fraction of sp³-hybridized carbons (Fsp3) is 0.750. The van der Waals surface area contributed by atoms with Crippen molar-refractivity contribution in [1.82, 2.24) is 0 Å². The second-order valence-electron chi connectivity index (χ2n) is 13.4. The number of rotatable bonds is 10. The van der Waals surface area contributed by atoms with Crippen LogP contribution in [0.5, 0.6) is 0 Å². The summed E-state index contributed by atoms with van der Waals surface area (Å²) in [7, 11) is 0. The van der Waals surface area contributed by atoms with E-state index in [1.165, 1.54) is 32.4 Å². The summed E-state index contributed by atoms with van der Waals surface area (Å²) in [5.41, 5.74) is -6.90. The molecule has 3 fully saturated rings. The van der Waals surface area contributed by atoms with Crippen LogP contribution in [0, 0.1) is 23.2 Å². The summed E-state index contributed by atoms with van der Waals surface area (Å²) in [6.45, 7) is 12.5. The van der Waals surface area contributed by atoms with Crippen LogP contribution < -0.4 is 0 Å². The lowest BCUT2D eigenvalue weighted by molar-refractivity contribution is -0.356. The Morgan fingerprint density at radius 1 is 1.02 bits per heavy atom. The highest BCUT2D eigenvalue weighted by atomic mass is 16.6. The Morgan fingerprint density at radius 3 is 2.18 bits per heavy atom. The third-order valence-electron chi connectivity index (χ3n) is 10.2. The molecule has 2 saturated carbocycles. The summed E-state index contributed by atoms with van der Waals surface area (Å²) in [6.07, 6.45) is -2.31. The molecule has 1 aromatic rings. The summed E-state index contributed by atoms with van der Waals surface area (Å²) in [4.78, 5) is 52.7. The zero-order valence-electron chi connectivity index (χ0n) is 26.8. The SMILES string of the molecule is CCC(C)C(=O)OC1CC(C)(O)C23OC(C)(C)C(CC(OC(=O)c4ccoc4)C2(COC(C)=O)C1OC(=O)C(C)CC)C3O. The third-order valence-corrected chi connectivity index (χ3v) is 10.2. The number of fused-ring (bicyclic) bond motifs is 1. The monoisotopic (exact) mass is 622 g/mol. The molecule has 1 spiro atoms. The summed E-state index contributed by atoms with van der Waals surface area (Å²) >= 11 is 0. The maximum absolute atomic E-state index is 13.6. The van der Waals surface area contributed by atoms with Crippen LogP contribution in [-0.4, -0.2) is 81.9 Å². The van der Waals surface area contributed by atoms with E-state index in [9.17, 15) is 29.4 Å². The van der Waals surface area contributed by atoms with E-state index in [4.69, 9.17) is 28.1 Å². The van der Waals surface area contributed by atoms with Gasteiger partial charge in [-0.15, -0.1) is 0 Å². The minimum Gasteiger partial charge on any atom is -0.472 e. The second-order valence-corrected chi connectivity index (χ2v) is 13.4. The molecule has 2 heterocycles. The number of aliphatic hydroxyl groups is 2. The molecule has 0 amide bonds. The van der Waals surface area contributed by atoms with Crippen molar-refractivity contribution >= 4 is 23.9 Å². The van der Waals surface area contributed by atoms with E-state index in [1.54, 1.807) is 34.6 Å². The lowest BCUT2D eigenvalue weighted by Crippen LogP contribution is -2.83. The molecule has 10 atom stereocenters. The number of esters is 4. The smallest absolute Gasteiger partial charge is 0.341 e. The predicted molar refractivity (Wildman–Crippen MR) is 153 cm³/mol. The molecule has 10 unspecified atom stereocenters. The molecule has 12 nitrogen and oxygen atoms in total. The first kappa shape index (κ1) is 33.9. The number of aliphatic hydroxyl groups excluding tert-OH is 1. The molecule has 4 rings (SSSR count). The quantitative estimate of drug-likeness (QED) is 0.289. The van der Waals surface area contributed by atoms with E-state index in [-0.39, 0.29) is 18.4 Å². The predicted octanol–water partition coefficient (Wildman–Crippen LogP) is 3.35. The first-order valence-corrected chi connectivity index (χ1v) is 15.4. The Morgan fingerprint density at radius 2 is 1.64 bits per heavy atom. The highest BCUT2D eigenvalue weighted by Gasteiger charge is 2.85. The molecule has 1 aliphatic heterocycles. The van der Waals surface area contributed by atoms with E-state index >= 15 is 0 Å². The Kier molecular flexibility index (Phi) is 9.32. The van der Waals surface area contributed by atoms with Gasteiger partial charge in [0.25, 0.3) is 0 Å². The molecule has 1 aromatic heterocycles. The van der Waals surface area contributed by atoms with Crippen molar-refractivity contribution in [2.75, 3.05) is 6.61 Å². The van der Waals surface area contributed by atoms with Crippen molar-refractivity contribution in [3.05, 3.63) is 24.2 Å². The fourth-order valence-corrected chi connectivity index (χ4v) is 7.34. The summed E-state index contributed by atoms with van der Waals surface area (Å²) < 4.78 is 35.8. The van der Waals surface area contributed by atoms with E-state index in [1.807, 2.05) is 6.92 Å². The van der Waals surface area contributed by atoms with Gasteiger partial charge >= 0.3 is 23.9 Å². The van der Waals surface area contributed by atoms with Gasteiger partial charge in [0.05, 0.1) is 41.0 Å². The van der Waals surface area contributed by atoms with Crippen LogP contribution in [0.3, 0.4) is 0 Å². The van der Waals surface area contributed by atoms with Gasteiger partial charge in [0.2, 0.25) is 0 Å². The van der Waals surface area contributed by atoms with Gasteiger partial charge in [-0.25, -0.2) is 4.79 Å². The molecule has 2 N–H and O–H groups in total. The molecule has 3 aliphatic rings. The first-order valence-electron chi connectivity index (χ1n) is 15.4. The lowest BCUT2D eigenvalue weighted by Gasteiger charge is -2.65. The van der Waals surface area contributed by atoms with Gasteiger partial charge in [-0.3, -0.25) is 14.4 Å². The van der Waals surface area contributed by atoms with Gasteiger partial charge in [-0.1, -0.05) is 27.7 Å². The van der Waals surface area contributed by atoms with Gasteiger partial charge in [0.15, 0.2) is 6.10 Å². The van der Waals surface area contributed by atoms with Crippen LogP contribution in [0.2, 0.25) is 0 Å². The summed E-state index contributed by atoms with van der Waals surface area (Å²) in [6, 6.07) is 1.41. The van der Waals surface area contributed by atoms with Crippen molar-refractivity contribution in [2.24, 2.45) is 23.2 Å². The lowest BCUT2D eigenvalue weighted by atomic mass is 9.46. The van der Waals surface area contributed by atoms with Crippen molar-refractivity contribution < 1.29 is 57.5 Å². The maximum atomic E-state index is 13.6. The maximum Gasteiger partial charge on any atom is 0.341 e. The zero-order valence-corrected chi connectivity index (χ0v) is 26.8. The van der Waals surface area contributed by atoms with E-state index in [2.05, 4.69) is 0 Å². The average Bonchev–Trinajstić information content (AvgIpc) is 3.54. The molecule has 2 aliphatic carbocycles. The molecule has 1 saturated heterocycles. The van der Waals surface area contributed by atoms with Crippen LogP contribution in [-0.2, 0) is 38.1 Å². The van der Waals surface area contributed by atoms with Crippen LogP contribution in [0.25, 0.3) is 0 Å². The zero-order chi connectivity index (χ0) is 32.8. The Labute approximate surface area is 257 Å². The van der Waals surface area contributed by atoms with E-state index in [0.29, 0.717) is 12.8 Å². The Hall–Kier alpha value is -2.96. The van der Waals surface area contributed by atoms with Gasteiger partial charge in [0.1, 0.15) is 36.1 Å². The highest BCUT2D eigenvalue weighted by molar-refractivity contribution is 5.89. The van der Waals surface area contributed by atoms with Gasteiger partial charge in [0, 0.05) is 19.3 Å². The van der Waals surface area contributed by atoms with Crippen molar-refractivity contribution in [3.8, 4) is 0 Å². The molecule has 0 aromatic carbocycles. The Balaban J connectivity index is 2.01. The summed E-state index contributed by atoms with van der Waals surface area (Å²) in [5.74, 6) is -4.51. The largest absolute Gasteiger partial charge is 0.472 e. The second kappa shape index (κ2) is 12.1. The van der Waals surface area contributed by atoms with Crippen LogP contribution in [0.1, 0.15) is 91.4 Å². The highest BCUT2D eigenvalue weighted by Crippen LogP contribution is 2.68. The number of ether oxygens (including phenoxy) is 5. The van der Waals surface area contributed by atoms with Gasteiger partial charge in [-0.05, 0) is 46.1 Å². The van der Waals surface area contributed by atoms with Crippen molar-refractivity contribution in [2.45, 2.75) is 122 Å².